The van der Waals surface area contributed by atoms with Crippen molar-refractivity contribution in [2.24, 2.45) is 35.5 Å². The average Bonchev–Trinajstić information content (AvgIpc) is 2.99. The molecule has 23 heavy (non-hydrogen) atoms. The molecular formula is C20H26Cl2Zr. The second-order valence-corrected chi connectivity index (χ2v) is 6.83. The molecule has 0 aromatic carbocycles. The van der Waals surface area contributed by atoms with Crippen molar-refractivity contribution in [3.63, 3.8) is 0 Å². The molecular weight excluding hydrogens is 402 g/mol. The molecule has 0 heterocycles. The number of hydrogen-bond acceptors (Lipinski definition) is 0. The summed E-state index contributed by atoms with van der Waals surface area (Å²) in [4.78, 5) is 0. The van der Waals surface area contributed by atoms with Gasteiger partial charge in [-0.2, -0.15) is 11.8 Å². The Balaban J connectivity index is 0.000000372. The number of fused-ring (bicyclic) bond motifs is 2. The molecule has 6 atom stereocenters. The summed E-state index contributed by atoms with van der Waals surface area (Å²) in [7, 11) is 0. The van der Waals surface area contributed by atoms with Crippen LogP contribution in [-0.4, -0.2) is 0 Å². The second kappa shape index (κ2) is 11.1. The van der Waals surface area contributed by atoms with Crippen molar-refractivity contribution in [3.05, 3.63) is 61.4 Å². The molecule has 3 heteroatoms. The monoisotopic (exact) mass is 426 g/mol. The minimum atomic E-state index is 0. The average molecular weight is 429 g/mol. The fourth-order valence-corrected chi connectivity index (χ4v) is 4.00. The van der Waals surface area contributed by atoms with E-state index >= 15 is 0 Å². The number of halogens is 2. The van der Waals surface area contributed by atoms with Gasteiger partial charge in [-0.15, -0.1) is 24.0 Å². The van der Waals surface area contributed by atoms with Crippen LogP contribution in [0.25, 0.3) is 0 Å². The molecule has 6 unspecified atom stereocenters. The summed E-state index contributed by atoms with van der Waals surface area (Å²) in [5.74, 6) is 4.78. The van der Waals surface area contributed by atoms with Gasteiger partial charge < -0.3 is 37.7 Å². The summed E-state index contributed by atoms with van der Waals surface area (Å²) in [6, 6.07) is 0. The molecule has 4 aliphatic carbocycles. The molecule has 124 valence electrons. The van der Waals surface area contributed by atoms with Gasteiger partial charge in [0.05, 0.1) is 0 Å². The third-order valence-corrected chi connectivity index (χ3v) is 4.98. The maximum absolute atomic E-state index is 2.46. The van der Waals surface area contributed by atoms with E-state index in [0.29, 0.717) is 0 Å². The van der Waals surface area contributed by atoms with Crippen LogP contribution in [0.15, 0.2) is 48.6 Å². The molecule has 0 saturated heterocycles. The van der Waals surface area contributed by atoms with Crippen LogP contribution in [-0.2, 0) is 26.2 Å². The molecule has 0 aliphatic heterocycles. The molecule has 0 amide bonds. The Labute approximate surface area is 173 Å². The van der Waals surface area contributed by atoms with E-state index in [9.17, 15) is 0 Å². The molecule has 0 bridgehead atoms. The standard InChI is InChI=1S/2C10H13.2ClH.Zr/c2*1-8-6-9-4-2-3-5-10(9)7-8;;;/h2*2-6,8-10H,7H2,1H3;2*1H;/q2*-1;;;+4/p-2. The van der Waals surface area contributed by atoms with E-state index < -0.39 is 0 Å². The van der Waals surface area contributed by atoms with Gasteiger partial charge in [0, 0.05) is 0 Å². The van der Waals surface area contributed by atoms with Gasteiger partial charge in [-0.1, -0.05) is 63.1 Å². The Morgan fingerprint density at radius 2 is 1.00 bits per heavy atom. The molecule has 2 saturated carbocycles. The van der Waals surface area contributed by atoms with Crippen LogP contribution in [0.4, 0.5) is 0 Å². The predicted molar refractivity (Wildman–Crippen MR) is 86.7 cm³/mol. The topological polar surface area (TPSA) is 0 Å². The molecule has 0 spiro atoms. The van der Waals surface area contributed by atoms with Gasteiger partial charge in [-0.05, 0) is 11.8 Å². The van der Waals surface area contributed by atoms with Gasteiger partial charge in [0.15, 0.2) is 0 Å². The molecule has 2 fully saturated rings. The first-order valence-electron chi connectivity index (χ1n) is 8.12. The Bertz CT molecular complexity index is 371. The Morgan fingerprint density at radius 1 is 0.652 bits per heavy atom. The largest absolute Gasteiger partial charge is 4.00 e. The molecule has 0 N–H and O–H groups in total. The van der Waals surface area contributed by atoms with Gasteiger partial charge >= 0.3 is 26.2 Å². The van der Waals surface area contributed by atoms with E-state index in [-0.39, 0.29) is 51.0 Å². The van der Waals surface area contributed by atoms with Crippen LogP contribution >= 0.6 is 0 Å². The van der Waals surface area contributed by atoms with Crippen LogP contribution < -0.4 is 24.8 Å². The molecule has 0 aromatic rings. The van der Waals surface area contributed by atoms with E-state index in [1.165, 1.54) is 12.8 Å². The Kier molecular flexibility index (Phi) is 11.3. The van der Waals surface area contributed by atoms with E-state index in [1.807, 2.05) is 0 Å². The molecule has 4 aliphatic rings. The van der Waals surface area contributed by atoms with Crippen molar-refractivity contribution >= 4 is 0 Å². The quantitative estimate of drug-likeness (QED) is 0.443. The van der Waals surface area contributed by atoms with Crippen molar-refractivity contribution < 1.29 is 51.0 Å². The normalized spacial score (nSPS) is 38.2. The Hall–Kier alpha value is 0.423. The summed E-state index contributed by atoms with van der Waals surface area (Å²) in [5.41, 5.74) is 0. The number of allylic oxidation sites excluding steroid dienone is 8. The predicted octanol–water partition coefficient (Wildman–Crippen LogP) is -0.817. The zero-order chi connectivity index (χ0) is 13.9. The SMILES string of the molecule is CC1[CH-]C2C=CC=CC2C1.CC1[CH-]C2C=CC=CC2C1.[Cl-].[Cl-].[Zr+4]. The molecule has 0 aromatic heterocycles. The third kappa shape index (κ3) is 6.34. The van der Waals surface area contributed by atoms with E-state index in [2.05, 4.69) is 75.3 Å². The first kappa shape index (κ1) is 23.4. The van der Waals surface area contributed by atoms with Crippen LogP contribution in [0.3, 0.4) is 0 Å². The van der Waals surface area contributed by atoms with Crippen molar-refractivity contribution in [1.82, 2.24) is 0 Å². The number of rotatable bonds is 0. The van der Waals surface area contributed by atoms with E-state index in [1.54, 1.807) is 0 Å². The van der Waals surface area contributed by atoms with Gasteiger partial charge in [0.2, 0.25) is 0 Å². The van der Waals surface area contributed by atoms with Crippen molar-refractivity contribution in [2.45, 2.75) is 26.7 Å². The minimum absolute atomic E-state index is 0. The summed E-state index contributed by atoms with van der Waals surface area (Å²) >= 11 is 0. The summed E-state index contributed by atoms with van der Waals surface area (Å²) in [6.07, 6.45) is 25.6. The van der Waals surface area contributed by atoms with Crippen molar-refractivity contribution in [3.8, 4) is 0 Å². The smallest absolute Gasteiger partial charge is 1.00 e. The fourth-order valence-electron chi connectivity index (χ4n) is 4.00. The van der Waals surface area contributed by atoms with Gasteiger partial charge in [-0.25, -0.2) is 0 Å². The van der Waals surface area contributed by atoms with Crippen molar-refractivity contribution in [2.75, 3.05) is 0 Å². The first-order chi connectivity index (χ1) is 9.72. The Morgan fingerprint density at radius 3 is 1.35 bits per heavy atom. The van der Waals surface area contributed by atoms with E-state index in [0.717, 1.165) is 35.5 Å². The third-order valence-electron chi connectivity index (χ3n) is 4.98. The van der Waals surface area contributed by atoms with Gasteiger partial charge in [0.25, 0.3) is 0 Å². The van der Waals surface area contributed by atoms with Gasteiger partial charge in [0.1, 0.15) is 0 Å². The number of hydrogen-bond donors (Lipinski definition) is 0. The summed E-state index contributed by atoms with van der Waals surface area (Å²) < 4.78 is 0. The zero-order valence-corrected chi connectivity index (χ0v) is 17.9. The van der Waals surface area contributed by atoms with Crippen molar-refractivity contribution in [1.29, 1.82) is 0 Å². The molecule has 0 nitrogen and oxygen atoms in total. The maximum atomic E-state index is 2.46. The zero-order valence-electron chi connectivity index (χ0n) is 13.9. The van der Waals surface area contributed by atoms with Gasteiger partial charge in [-0.3, -0.25) is 0 Å². The molecule has 4 rings (SSSR count). The van der Waals surface area contributed by atoms with E-state index in [4.69, 9.17) is 0 Å². The second-order valence-electron chi connectivity index (χ2n) is 6.83. The van der Waals surface area contributed by atoms with Crippen LogP contribution in [0.5, 0.6) is 0 Å². The summed E-state index contributed by atoms with van der Waals surface area (Å²) in [6.45, 7) is 4.61. The van der Waals surface area contributed by atoms with Crippen LogP contribution in [0, 0.1) is 48.3 Å². The summed E-state index contributed by atoms with van der Waals surface area (Å²) in [5, 5.41) is 0. The van der Waals surface area contributed by atoms with Crippen LogP contribution in [0.2, 0.25) is 0 Å². The first-order valence-corrected chi connectivity index (χ1v) is 8.12. The fraction of sp³-hybridized carbons (Fsp3) is 0.500. The van der Waals surface area contributed by atoms with Crippen LogP contribution in [0.1, 0.15) is 26.7 Å². The molecule has 0 radical (unpaired) electrons. The maximum Gasteiger partial charge on any atom is 4.00 e. The minimum Gasteiger partial charge on any atom is -1.00 e.